The summed E-state index contributed by atoms with van der Waals surface area (Å²) in [5.41, 5.74) is 0. The second-order valence-corrected chi connectivity index (χ2v) is 7.24. The highest BCUT2D eigenvalue weighted by atomic mass is 14.3. The molecule has 2 aliphatic rings. The SMILES string of the molecule is CCC1CCCCC1CC.CCC1CCCCC1CC. The third-order valence-corrected chi connectivity index (χ3v) is 6.23. The third-order valence-electron chi connectivity index (χ3n) is 6.23. The Balaban J connectivity index is 0.000000200. The molecule has 0 N–H and O–H groups in total. The van der Waals surface area contributed by atoms with E-state index in [1.54, 1.807) is 0 Å². The van der Waals surface area contributed by atoms with E-state index >= 15 is 0 Å². The lowest BCUT2D eigenvalue weighted by Gasteiger charge is -2.29. The minimum Gasteiger partial charge on any atom is -0.0651 e. The standard InChI is InChI=1S/2C10H20/c2*1-3-9-7-5-6-8-10(9)4-2/h2*9-10H,3-8H2,1-2H3. The monoisotopic (exact) mass is 280 g/mol. The van der Waals surface area contributed by atoms with E-state index in [9.17, 15) is 0 Å². The molecule has 0 heteroatoms. The Morgan fingerprint density at radius 2 is 0.650 bits per heavy atom. The summed E-state index contributed by atoms with van der Waals surface area (Å²) in [7, 11) is 0. The van der Waals surface area contributed by atoms with Crippen LogP contribution in [0.3, 0.4) is 0 Å². The van der Waals surface area contributed by atoms with Crippen LogP contribution < -0.4 is 0 Å². The van der Waals surface area contributed by atoms with Crippen molar-refractivity contribution in [3.8, 4) is 0 Å². The van der Waals surface area contributed by atoms with Crippen LogP contribution in [0.15, 0.2) is 0 Å². The molecule has 0 aromatic carbocycles. The van der Waals surface area contributed by atoms with Crippen LogP contribution in [0.4, 0.5) is 0 Å². The first-order chi connectivity index (χ1) is 9.76. The van der Waals surface area contributed by atoms with E-state index in [1.807, 2.05) is 0 Å². The molecule has 0 nitrogen and oxygen atoms in total. The lowest BCUT2D eigenvalue weighted by molar-refractivity contribution is 0.224. The van der Waals surface area contributed by atoms with Gasteiger partial charge in [0.2, 0.25) is 0 Å². The summed E-state index contributed by atoms with van der Waals surface area (Å²) in [4.78, 5) is 0. The first kappa shape index (κ1) is 18.1. The predicted octanol–water partition coefficient (Wildman–Crippen LogP) is 7.23. The first-order valence-corrected chi connectivity index (χ1v) is 9.76. The second-order valence-electron chi connectivity index (χ2n) is 7.24. The molecule has 120 valence electrons. The third kappa shape index (κ3) is 5.78. The molecule has 0 aromatic heterocycles. The lowest BCUT2D eigenvalue weighted by atomic mass is 9.77. The summed E-state index contributed by atoms with van der Waals surface area (Å²) >= 11 is 0. The largest absolute Gasteiger partial charge is 0.0651 e. The first-order valence-electron chi connectivity index (χ1n) is 9.76. The van der Waals surface area contributed by atoms with Crippen LogP contribution in [0.2, 0.25) is 0 Å². The van der Waals surface area contributed by atoms with Gasteiger partial charge in [0.1, 0.15) is 0 Å². The fourth-order valence-corrected chi connectivity index (χ4v) is 4.72. The molecule has 4 atom stereocenters. The van der Waals surface area contributed by atoms with E-state index in [4.69, 9.17) is 0 Å². The van der Waals surface area contributed by atoms with Crippen LogP contribution in [0, 0.1) is 23.7 Å². The van der Waals surface area contributed by atoms with Gasteiger partial charge >= 0.3 is 0 Å². The molecule has 20 heavy (non-hydrogen) atoms. The smallest absolute Gasteiger partial charge is 0.0389 e. The van der Waals surface area contributed by atoms with E-state index in [0.29, 0.717) is 0 Å². The molecule has 2 rings (SSSR count). The maximum atomic E-state index is 2.35. The number of hydrogen-bond donors (Lipinski definition) is 0. The molecule has 0 spiro atoms. The molecule has 0 radical (unpaired) electrons. The van der Waals surface area contributed by atoms with Crippen LogP contribution in [0.25, 0.3) is 0 Å². The van der Waals surface area contributed by atoms with Crippen molar-refractivity contribution in [1.82, 2.24) is 0 Å². The molecule has 0 amide bonds. The van der Waals surface area contributed by atoms with Gasteiger partial charge in [-0.25, -0.2) is 0 Å². The zero-order valence-electron chi connectivity index (χ0n) is 14.8. The van der Waals surface area contributed by atoms with E-state index in [0.717, 1.165) is 23.7 Å². The highest BCUT2D eigenvalue weighted by molar-refractivity contribution is 4.73. The number of rotatable bonds is 4. The Morgan fingerprint density at radius 1 is 0.450 bits per heavy atom. The molecule has 2 saturated carbocycles. The highest BCUT2D eigenvalue weighted by Crippen LogP contribution is 2.34. The quantitative estimate of drug-likeness (QED) is 0.509. The molecule has 0 saturated heterocycles. The Hall–Kier alpha value is 0. The lowest BCUT2D eigenvalue weighted by Crippen LogP contribution is -2.17. The van der Waals surface area contributed by atoms with Gasteiger partial charge in [-0.2, -0.15) is 0 Å². The van der Waals surface area contributed by atoms with Crippen LogP contribution in [-0.2, 0) is 0 Å². The van der Waals surface area contributed by atoms with Crippen molar-refractivity contribution < 1.29 is 0 Å². The molecule has 0 aromatic rings. The summed E-state index contributed by atoms with van der Waals surface area (Å²) in [6, 6.07) is 0. The summed E-state index contributed by atoms with van der Waals surface area (Å²) in [6.45, 7) is 9.38. The van der Waals surface area contributed by atoms with Gasteiger partial charge in [-0.1, -0.05) is 105 Å². The molecular weight excluding hydrogens is 240 g/mol. The van der Waals surface area contributed by atoms with Crippen LogP contribution in [0.1, 0.15) is 105 Å². The van der Waals surface area contributed by atoms with Crippen molar-refractivity contribution in [3.05, 3.63) is 0 Å². The summed E-state index contributed by atoms with van der Waals surface area (Å²) in [5, 5.41) is 0. The molecule has 2 aliphatic carbocycles. The van der Waals surface area contributed by atoms with Crippen LogP contribution in [-0.4, -0.2) is 0 Å². The Bertz CT molecular complexity index is 172. The average molecular weight is 281 g/mol. The van der Waals surface area contributed by atoms with Crippen molar-refractivity contribution >= 4 is 0 Å². The minimum atomic E-state index is 1.07. The Labute approximate surface area is 129 Å². The van der Waals surface area contributed by atoms with Gasteiger partial charge in [0, 0.05) is 0 Å². The van der Waals surface area contributed by atoms with E-state index in [1.165, 1.54) is 77.0 Å². The normalized spacial score (nSPS) is 34.2. The van der Waals surface area contributed by atoms with Gasteiger partial charge in [0.25, 0.3) is 0 Å². The molecular formula is C20H40. The average Bonchev–Trinajstić information content (AvgIpc) is 2.55. The predicted molar refractivity (Wildman–Crippen MR) is 92.1 cm³/mol. The topological polar surface area (TPSA) is 0 Å². The zero-order valence-corrected chi connectivity index (χ0v) is 14.8. The molecule has 2 fully saturated rings. The Kier molecular flexibility index (Phi) is 9.65. The summed E-state index contributed by atoms with van der Waals surface area (Å²) in [6.07, 6.45) is 17.7. The summed E-state index contributed by atoms with van der Waals surface area (Å²) in [5.74, 6) is 4.27. The van der Waals surface area contributed by atoms with Gasteiger partial charge in [-0.3, -0.25) is 0 Å². The maximum Gasteiger partial charge on any atom is -0.0389 e. The maximum absolute atomic E-state index is 2.35. The molecule has 0 aliphatic heterocycles. The van der Waals surface area contributed by atoms with E-state index in [2.05, 4.69) is 27.7 Å². The number of hydrogen-bond acceptors (Lipinski definition) is 0. The fraction of sp³-hybridized carbons (Fsp3) is 1.00. The highest BCUT2D eigenvalue weighted by Gasteiger charge is 2.21. The molecule has 0 heterocycles. The van der Waals surface area contributed by atoms with Crippen LogP contribution >= 0.6 is 0 Å². The van der Waals surface area contributed by atoms with Crippen molar-refractivity contribution in [1.29, 1.82) is 0 Å². The van der Waals surface area contributed by atoms with Gasteiger partial charge in [0.15, 0.2) is 0 Å². The Morgan fingerprint density at radius 3 is 0.800 bits per heavy atom. The fourth-order valence-electron chi connectivity index (χ4n) is 4.72. The van der Waals surface area contributed by atoms with Crippen molar-refractivity contribution in [3.63, 3.8) is 0 Å². The van der Waals surface area contributed by atoms with Gasteiger partial charge < -0.3 is 0 Å². The van der Waals surface area contributed by atoms with Gasteiger partial charge in [-0.05, 0) is 23.7 Å². The van der Waals surface area contributed by atoms with E-state index in [-0.39, 0.29) is 0 Å². The zero-order chi connectivity index (χ0) is 14.8. The second kappa shape index (κ2) is 10.7. The van der Waals surface area contributed by atoms with Crippen molar-refractivity contribution in [2.24, 2.45) is 23.7 Å². The summed E-state index contributed by atoms with van der Waals surface area (Å²) < 4.78 is 0. The van der Waals surface area contributed by atoms with Crippen molar-refractivity contribution in [2.75, 3.05) is 0 Å². The minimum absolute atomic E-state index is 1.07. The van der Waals surface area contributed by atoms with Crippen molar-refractivity contribution in [2.45, 2.75) is 105 Å². The molecule has 0 bridgehead atoms. The molecule has 4 unspecified atom stereocenters. The van der Waals surface area contributed by atoms with Gasteiger partial charge in [-0.15, -0.1) is 0 Å². The van der Waals surface area contributed by atoms with Crippen LogP contribution in [0.5, 0.6) is 0 Å². The van der Waals surface area contributed by atoms with Gasteiger partial charge in [0.05, 0.1) is 0 Å². The van der Waals surface area contributed by atoms with E-state index < -0.39 is 0 Å².